The first-order valence-corrected chi connectivity index (χ1v) is 10.1. The van der Waals surface area contributed by atoms with Crippen LogP contribution in [0.25, 0.3) is 0 Å². The molecule has 2 aromatic rings. The molecule has 156 valence electrons. The first-order valence-electron chi connectivity index (χ1n) is 9.69. The van der Waals surface area contributed by atoms with Crippen molar-refractivity contribution in [1.82, 2.24) is 10.6 Å². The molecule has 0 bridgehead atoms. The largest absolute Gasteiger partial charge is 0.494 e. The maximum Gasteiger partial charge on any atom is 0.257 e. The quantitative estimate of drug-likeness (QED) is 0.449. The van der Waals surface area contributed by atoms with E-state index in [-0.39, 0.29) is 11.0 Å². The molecule has 0 aliphatic carbocycles. The Labute approximate surface area is 177 Å². The number of carbonyl (C=O) groups is 1. The van der Waals surface area contributed by atoms with Crippen molar-refractivity contribution in [2.45, 2.75) is 33.2 Å². The molecule has 1 amide bonds. The number of rotatable bonds is 10. The number of nitrogens with one attached hydrogen (secondary N) is 2. The summed E-state index contributed by atoms with van der Waals surface area (Å²) in [6.45, 7) is 5.72. The van der Waals surface area contributed by atoms with Crippen LogP contribution in [0.15, 0.2) is 42.5 Å². The molecule has 0 saturated carbocycles. The van der Waals surface area contributed by atoms with Crippen LogP contribution in [0, 0.1) is 0 Å². The number of ether oxygens (including phenoxy) is 3. The molecule has 0 unspecified atom stereocenters. The molecule has 0 spiro atoms. The van der Waals surface area contributed by atoms with Crippen LogP contribution in [0.3, 0.4) is 0 Å². The van der Waals surface area contributed by atoms with Crippen LogP contribution in [-0.4, -0.2) is 31.3 Å². The fourth-order valence-corrected chi connectivity index (χ4v) is 2.70. The first kappa shape index (κ1) is 22.5. The number of unbranched alkanes of at least 4 members (excludes halogenated alkanes) is 1. The molecule has 7 heteroatoms. The summed E-state index contributed by atoms with van der Waals surface area (Å²) in [6.07, 6.45) is 2.07. The van der Waals surface area contributed by atoms with E-state index in [2.05, 4.69) is 17.6 Å². The van der Waals surface area contributed by atoms with Gasteiger partial charge in [0.1, 0.15) is 5.75 Å². The average molecular weight is 417 g/mol. The number of carbonyl (C=O) groups excluding carboxylic acids is 1. The smallest absolute Gasteiger partial charge is 0.257 e. The molecule has 29 heavy (non-hydrogen) atoms. The lowest BCUT2D eigenvalue weighted by Gasteiger charge is -2.13. The van der Waals surface area contributed by atoms with Gasteiger partial charge < -0.3 is 19.5 Å². The van der Waals surface area contributed by atoms with Gasteiger partial charge in [0.15, 0.2) is 16.6 Å². The molecule has 0 saturated heterocycles. The van der Waals surface area contributed by atoms with E-state index in [0.717, 1.165) is 29.9 Å². The van der Waals surface area contributed by atoms with E-state index in [4.69, 9.17) is 26.4 Å². The van der Waals surface area contributed by atoms with Crippen LogP contribution in [0.4, 0.5) is 0 Å². The number of hydrogen-bond acceptors (Lipinski definition) is 5. The van der Waals surface area contributed by atoms with Crippen LogP contribution >= 0.6 is 12.2 Å². The van der Waals surface area contributed by atoms with Crippen LogP contribution in [0.5, 0.6) is 17.2 Å². The highest BCUT2D eigenvalue weighted by molar-refractivity contribution is 7.80. The summed E-state index contributed by atoms with van der Waals surface area (Å²) in [5.74, 6) is 1.84. The maximum atomic E-state index is 12.3. The predicted molar refractivity (Wildman–Crippen MR) is 118 cm³/mol. The second-order valence-electron chi connectivity index (χ2n) is 6.28. The maximum absolute atomic E-state index is 12.3. The Bertz CT molecular complexity index is 809. The van der Waals surface area contributed by atoms with Gasteiger partial charge >= 0.3 is 0 Å². The van der Waals surface area contributed by atoms with E-state index >= 15 is 0 Å². The minimum atomic E-state index is -0.275. The highest BCUT2D eigenvalue weighted by Crippen LogP contribution is 2.28. The lowest BCUT2D eigenvalue weighted by Crippen LogP contribution is -2.38. The van der Waals surface area contributed by atoms with Crippen LogP contribution < -0.4 is 24.8 Å². The molecular weight excluding hydrogens is 388 g/mol. The molecule has 0 radical (unpaired) electrons. The Kier molecular flexibility index (Phi) is 9.24. The Morgan fingerprint density at radius 3 is 2.45 bits per heavy atom. The molecule has 0 aliphatic heterocycles. The standard InChI is InChI=1S/C22H28N2O4S/c1-4-6-13-28-19-12-7-16(14-20(19)26-3)15-23-22(29)24-21(25)17-8-10-18(11-9-17)27-5-2/h7-12,14H,4-6,13,15H2,1-3H3,(H2,23,24,25,29). The lowest BCUT2D eigenvalue weighted by molar-refractivity contribution is 0.0976. The number of benzene rings is 2. The number of methoxy groups -OCH3 is 1. The van der Waals surface area contributed by atoms with Crippen molar-refractivity contribution in [3.05, 3.63) is 53.6 Å². The normalized spacial score (nSPS) is 10.2. The summed E-state index contributed by atoms with van der Waals surface area (Å²) in [6, 6.07) is 12.6. The number of thiocarbonyl (C=S) groups is 1. The summed E-state index contributed by atoms with van der Waals surface area (Å²) in [4.78, 5) is 12.3. The molecule has 2 N–H and O–H groups in total. The van der Waals surface area contributed by atoms with Gasteiger partial charge in [-0.05, 0) is 67.5 Å². The predicted octanol–water partition coefficient (Wildman–Crippen LogP) is 4.08. The topological polar surface area (TPSA) is 68.8 Å². The Morgan fingerprint density at radius 1 is 1.03 bits per heavy atom. The van der Waals surface area contributed by atoms with Gasteiger partial charge in [0, 0.05) is 12.1 Å². The van der Waals surface area contributed by atoms with Gasteiger partial charge in [-0.3, -0.25) is 10.1 Å². The van der Waals surface area contributed by atoms with E-state index < -0.39 is 0 Å². The fraction of sp³-hybridized carbons (Fsp3) is 0.364. The van der Waals surface area contributed by atoms with Crippen LogP contribution in [-0.2, 0) is 6.54 Å². The van der Waals surface area contributed by atoms with E-state index in [0.29, 0.717) is 31.1 Å². The zero-order chi connectivity index (χ0) is 21.1. The number of amides is 1. The Morgan fingerprint density at radius 2 is 1.79 bits per heavy atom. The van der Waals surface area contributed by atoms with Gasteiger partial charge in [-0.1, -0.05) is 19.4 Å². The third-order valence-corrected chi connectivity index (χ3v) is 4.34. The number of hydrogen-bond donors (Lipinski definition) is 2. The van der Waals surface area contributed by atoms with E-state index in [1.165, 1.54) is 0 Å². The summed E-state index contributed by atoms with van der Waals surface area (Å²) >= 11 is 5.23. The lowest BCUT2D eigenvalue weighted by atomic mass is 10.2. The van der Waals surface area contributed by atoms with Gasteiger partial charge in [-0.2, -0.15) is 0 Å². The van der Waals surface area contributed by atoms with Crippen molar-refractivity contribution < 1.29 is 19.0 Å². The molecule has 6 nitrogen and oxygen atoms in total. The van der Waals surface area contributed by atoms with Crippen molar-refractivity contribution in [2.75, 3.05) is 20.3 Å². The van der Waals surface area contributed by atoms with Crippen molar-refractivity contribution in [1.29, 1.82) is 0 Å². The minimum Gasteiger partial charge on any atom is -0.494 e. The molecule has 0 aliphatic rings. The summed E-state index contributed by atoms with van der Waals surface area (Å²) in [5.41, 5.74) is 1.47. The van der Waals surface area contributed by atoms with Crippen LogP contribution in [0.2, 0.25) is 0 Å². The van der Waals surface area contributed by atoms with Crippen molar-refractivity contribution in [2.24, 2.45) is 0 Å². The zero-order valence-electron chi connectivity index (χ0n) is 17.1. The fourth-order valence-electron chi connectivity index (χ4n) is 2.54. The van der Waals surface area contributed by atoms with Crippen molar-refractivity contribution in [3.8, 4) is 17.2 Å². The molecule has 0 fully saturated rings. The van der Waals surface area contributed by atoms with Gasteiger partial charge in [0.05, 0.1) is 20.3 Å². The molecule has 2 aromatic carbocycles. The Hall–Kier alpha value is -2.80. The second-order valence-corrected chi connectivity index (χ2v) is 6.69. The van der Waals surface area contributed by atoms with Gasteiger partial charge in [-0.25, -0.2) is 0 Å². The summed E-state index contributed by atoms with van der Waals surface area (Å²) in [5, 5.41) is 5.97. The Balaban J connectivity index is 1.87. The van der Waals surface area contributed by atoms with Crippen molar-refractivity contribution >= 4 is 23.2 Å². The molecule has 0 atom stereocenters. The second kappa shape index (κ2) is 11.9. The van der Waals surface area contributed by atoms with Crippen molar-refractivity contribution in [3.63, 3.8) is 0 Å². The molecule has 2 rings (SSSR count). The van der Waals surface area contributed by atoms with Gasteiger partial charge in [-0.15, -0.1) is 0 Å². The van der Waals surface area contributed by atoms with E-state index in [1.54, 1.807) is 31.4 Å². The summed E-state index contributed by atoms with van der Waals surface area (Å²) in [7, 11) is 1.61. The molecule has 0 aromatic heterocycles. The summed E-state index contributed by atoms with van der Waals surface area (Å²) < 4.78 is 16.5. The van der Waals surface area contributed by atoms with Gasteiger partial charge in [0.25, 0.3) is 5.91 Å². The highest BCUT2D eigenvalue weighted by Gasteiger charge is 2.09. The van der Waals surface area contributed by atoms with Gasteiger partial charge in [0.2, 0.25) is 0 Å². The SMILES string of the molecule is CCCCOc1ccc(CNC(=S)NC(=O)c2ccc(OCC)cc2)cc1OC. The van der Waals surface area contributed by atoms with E-state index in [9.17, 15) is 4.79 Å². The zero-order valence-corrected chi connectivity index (χ0v) is 17.9. The third-order valence-electron chi connectivity index (χ3n) is 4.09. The molecule has 0 heterocycles. The molecular formula is C22H28N2O4S. The third kappa shape index (κ3) is 7.27. The first-order chi connectivity index (χ1) is 14.1. The highest BCUT2D eigenvalue weighted by atomic mass is 32.1. The monoisotopic (exact) mass is 416 g/mol. The van der Waals surface area contributed by atoms with E-state index in [1.807, 2.05) is 25.1 Å². The van der Waals surface area contributed by atoms with Crippen LogP contribution in [0.1, 0.15) is 42.6 Å². The minimum absolute atomic E-state index is 0.256. The average Bonchev–Trinajstić information content (AvgIpc) is 2.73.